The number of amides is 2. The van der Waals surface area contributed by atoms with E-state index in [9.17, 15) is 9.59 Å². The zero-order valence-electron chi connectivity index (χ0n) is 14.9. The Morgan fingerprint density at radius 1 is 1.19 bits per heavy atom. The summed E-state index contributed by atoms with van der Waals surface area (Å²) in [6.45, 7) is 3.59. The Bertz CT molecular complexity index is 626. The van der Waals surface area contributed by atoms with E-state index < -0.39 is 0 Å². The van der Waals surface area contributed by atoms with Crippen LogP contribution in [0.15, 0.2) is 28.7 Å². The van der Waals surface area contributed by atoms with Crippen LogP contribution < -0.4 is 4.74 Å². The second-order valence-electron chi connectivity index (χ2n) is 6.62. The molecule has 0 saturated carbocycles. The Balaban J connectivity index is 1.34. The summed E-state index contributed by atoms with van der Waals surface area (Å²) in [6.07, 6.45) is 2.65. The van der Waals surface area contributed by atoms with E-state index in [1.807, 2.05) is 34.1 Å². The van der Waals surface area contributed by atoms with E-state index >= 15 is 0 Å². The zero-order chi connectivity index (χ0) is 18.4. The van der Waals surface area contributed by atoms with Gasteiger partial charge in [0, 0.05) is 43.7 Å². The molecule has 2 amide bonds. The Morgan fingerprint density at radius 2 is 1.96 bits per heavy atom. The first-order chi connectivity index (χ1) is 12.6. The van der Waals surface area contributed by atoms with Gasteiger partial charge in [-0.1, -0.05) is 22.0 Å². The van der Waals surface area contributed by atoms with Crippen molar-refractivity contribution in [2.24, 2.45) is 0 Å². The number of carbonyl (C=O) groups is 2. The molecule has 1 atom stereocenters. The van der Waals surface area contributed by atoms with Crippen LogP contribution in [0.5, 0.6) is 5.75 Å². The quantitative estimate of drug-likeness (QED) is 0.658. The topological polar surface area (TPSA) is 59.1 Å². The summed E-state index contributed by atoms with van der Waals surface area (Å²) in [5.74, 6) is 1.01. The van der Waals surface area contributed by atoms with E-state index in [1.165, 1.54) is 0 Å². The molecule has 26 heavy (non-hydrogen) atoms. The maximum atomic E-state index is 12.3. The molecule has 3 rings (SSSR count). The van der Waals surface area contributed by atoms with Crippen molar-refractivity contribution in [2.45, 2.75) is 31.8 Å². The molecule has 6 nitrogen and oxygen atoms in total. The van der Waals surface area contributed by atoms with Gasteiger partial charge >= 0.3 is 0 Å². The van der Waals surface area contributed by atoms with Crippen molar-refractivity contribution in [3.8, 4) is 5.75 Å². The van der Waals surface area contributed by atoms with Gasteiger partial charge in [-0.15, -0.1) is 0 Å². The van der Waals surface area contributed by atoms with Crippen molar-refractivity contribution in [3.05, 3.63) is 28.7 Å². The number of benzene rings is 1. The lowest BCUT2D eigenvalue weighted by Crippen LogP contribution is -2.52. The van der Waals surface area contributed by atoms with Crippen molar-refractivity contribution in [2.75, 3.05) is 39.4 Å². The van der Waals surface area contributed by atoms with Gasteiger partial charge < -0.3 is 19.3 Å². The molecule has 0 spiro atoms. The van der Waals surface area contributed by atoms with Crippen LogP contribution in [0.1, 0.15) is 25.7 Å². The first kappa shape index (κ1) is 19.2. The van der Waals surface area contributed by atoms with E-state index in [0.717, 1.165) is 23.1 Å². The lowest BCUT2D eigenvalue weighted by atomic mass is 10.2. The van der Waals surface area contributed by atoms with Gasteiger partial charge in [-0.05, 0) is 37.5 Å². The third-order valence-corrected chi connectivity index (χ3v) is 5.24. The summed E-state index contributed by atoms with van der Waals surface area (Å²) in [4.78, 5) is 28.3. The van der Waals surface area contributed by atoms with Crippen LogP contribution in [0.3, 0.4) is 0 Å². The summed E-state index contributed by atoms with van der Waals surface area (Å²) < 4.78 is 12.1. The lowest BCUT2D eigenvalue weighted by Gasteiger charge is -2.35. The molecule has 2 fully saturated rings. The first-order valence-electron chi connectivity index (χ1n) is 9.20. The minimum Gasteiger partial charge on any atom is -0.494 e. The third-order valence-electron chi connectivity index (χ3n) is 4.75. The number of hydrogen-bond acceptors (Lipinski definition) is 4. The van der Waals surface area contributed by atoms with Gasteiger partial charge in [0.15, 0.2) is 0 Å². The summed E-state index contributed by atoms with van der Waals surface area (Å²) in [5, 5.41) is 0. The van der Waals surface area contributed by atoms with Crippen molar-refractivity contribution >= 4 is 27.7 Å². The Morgan fingerprint density at radius 3 is 2.65 bits per heavy atom. The second kappa shape index (κ2) is 9.37. The number of carbonyl (C=O) groups excluding carboxylic acids is 2. The zero-order valence-corrected chi connectivity index (χ0v) is 16.4. The molecule has 0 aliphatic carbocycles. The van der Waals surface area contributed by atoms with Gasteiger partial charge in [-0.2, -0.15) is 0 Å². The summed E-state index contributed by atoms with van der Waals surface area (Å²) in [7, 11) is 0. The maximum absolute atomic E-state index is 12.3. The van der Waals surface area contributed by atoms with E-state index in [0.29, 0.717) is 52.2 Å². The number of hydrogen-bond donors (Lipinski definition) is 0. The van der Waals surface area contributed by atoms with Crippen LogP contribution in [0.4, 0.5) is 0 Å². The highest BCUT2D eigenvalue weighted by Gasteiger charge is 2.31. The maximum Gasteiger partial charge on any atom is 0.251 e. The average molecular weight is 425 g/mol. The second-order valence-corrected chi connectivity index (χ2v) is 7.53. The largest absolute Gasteiger partial charge is 0.494 e. The number of nitrogens with zero attached hydrogens (tertiary/aromatic N) is 2. The van der Waals surface area contributed by atoms with E-state index in [-0.39, 0.29) is 17.9 Å². The van der Waals surface area contributed by atoms with Crippen LogP contribution in [0, 0.1) is 0 Å². The summed E-state index contributed by atoms with van der Waals surface area (Å²) in [6, 6.07) is 7.67. The van der Waals surface area contributed by atoms with Crippen LogP contribution in [0.25, 0.3) is 0 Å². The molecule has 1 aromatic rings. The molecule has 2 aliphatic rings. The molecular weight excluding hydrogens is 400 g/mol. The van der Waals surface area contributed by atoms with Crippen molar-refractivity contribution in [1.29, 1.82) is 0 Å². The minimum atomic E-state index is -0.271. The molecule has 0 bridgehead atoms. The number of ether oxygens (including phenoxy) is 2. The van der Waals surface area contributed by atoms with Crippen LogP contribution in [-0.4, -0.2) is 67.1 Å². The average Bonchev–Trinajstić information content (AvgIpc) is 3.19. The minimum absolute atomic E-state index is 0.0806. The predicted molar refractivity (Wildman–Crippen MR) is 101 cm³/mol. The smallest absolute Gasteiger partial charge is 0.251 e. The summed E-state index contributed by atoms with van der Waals surface area (Å²) >= 11 is 3.41. The normalized spacial score (nSPS) is 20.3. The Labute approximate surface area is 162 Å². The highest BCUT2D eigenvalue weighted by Crippen LogP contribution is 2.18. The lowest BCUT2D eigenvalue weighted by molar-refractivity contribution is -0.146. The molecular formula is C19H25BrN2O4. The molecule has 7 heteroatoms. The standard InChI is InChI=1S/C19H25BrN2O4/c20-15-4-1-5-16(14-15)25-12-3-7-18(23)21-8-10-22(11-9-21)19(24)17-6-2-13-26-17/h1,4-5,14,17H,2-3,6-13H2. The van der Waals surface area contributed by atoms with E-state index in [1.54, 1.807) is 0 Å². The molecule has 1 unspecified atom stereocenters. The Hall–Kier alpha value is -1.60. The molecule has 0 N–H and O–H groups in total. The fourth-order valence-corrected chi connectivity index (χ4v) is 3.66. The summed E-state index contributed by atoms with van der Waals surface area (Å²) in [5.41, 5.74) is 0. The first-order valence-corrected chi connectivity index (χ1v) is 9.99. The van der Waals surface area contributed by atoms with E-state index in [2.05, 4.69) is 15.9 Å². The fraction of sp³-hybridized carbons (Fsp3) is 0.579. The number of halogens is 1. The number of rotatable bonds is 6. The van der Waals surface area contributed by atoms with Crippen molar-refractivity contribution in [1.82, 2.24) is 9.80 Å². The van der Waals surface area contributed by atoms with Gasteiger partial charge in [0.25, 0.3) is 5.91 Å². The van der Waals surface area contributed by atoms with Crippen LogP contribution in [-0.2, 0) is 14.3 Å². The SMILES string of the molecule is O=C(CCCOc1cccc(Br)c1)N1CCN(C(=O)C2CCCO2)CC1. The Kier molecular flexibility index (Phi) is 6.91. The van der Waals surface area contributed by atoms with Gasteiger partial charge in [0.1, 0.15) is 11.9 Å². The molecule has 2 heterocycles. The van der Waals surface area contributed by atoms with Crippen LogP contribution >= 0.6 is 15.9 Å². The van der Waals surface area contributed by atoms with Gasteiger partial charge in [-0.25, -0.2) is 0 Å². The van der Waals surface area contributed by atoms with Gasteiger partial charge in [0.05, 0.1) is 6.61 Å². The van der Waals surface area contributed by atoms with Gasteiger partial charge in [0.2, 0.25) is 5.91 Å². The molecule has 2 saturated heterocycles. The van der Waals surface area contributed by atoms with E-state index in [4.69, 9.17) is 9.47 Å². The van der Waals surface area contributed by atoms with Crippen molar-refractivity contribution < 1.29 is 19.1 Å². The monoisotopic (exact) mass is 424 g/mol. The molecule has 1 aromatic carbocycles. The molecule has 0 aromatic heterocycles. The predicted octanol–water partition coefficient (Wildman–Crippen LogP) is 2.46. The molecule has 2 aliphatic heterocycles. The van der Waals surface area contributed by atoms with Gasteiger partial charge in [-0.3, -0.25) is 9.59 Å². The fourth-order valence-electron chi connectivity index (χ4n) is 3.28. The highest BCUT2D eigenvalue weighted by atomic mass is 79.9. The van der Waals surface area contributed by atoms with Crippen LogP contribution in [0.2, 0.25) is 0 Å². The highest BCUT2D eigenvalue weighted by molar-refractivity contribution is 9.10. The van der Waals surface area contributed by atoms with Crippen molar-refractivity contribution in [3.63, 3.8) is 0 Å². The molecule has 0 radical (unpaired) electrons. The molecule has 142 valence electrons. The number of piperazine rings is 1. The third kappa shape index (κ3) is 5.20.